The van der Waals surface area contributed by atoms with Crippen LogP contribution in [0.5, 0.6) is 0 Å². The highest BCUT2D eigenvalue weighted by molar-refractivity contribution is 7.86. The first-order valence-electron chi connectivity index (χ1n) is 8.14. The Balaban J connectivity index is 2.25. The van der Waals surface area contributed by atoms with E-state index in [0.717, 1.165) is 0 Å². The van der Waals surface area contributed by atoms with Gasteiger partial charge in [-0.05, 0) is 18.2 Å². The van der Waals surface area contributed by atoms with E-state index in [9.17, 15) is 35.8 Å². The van der Waals surface area contributed by atoms with Crippen LogP contribution in [0.15, 0.2) is 35.5 Å². The van der Waals surface area contributed by atoms with Gasteiger partial charge in [0.05, 0.1) is 15.6 Å². The largest absolute Gasteiger partial charge is 0.476 e. The van der Waals surface area contributed by atoms with E-state index in [0.29, 0.717) is 16.8 Å². The molecule has 0 amide bonds. The van der Waals surface area contributed by atoms with Gasteiger partial charge < -0.3 is 5.32 Å². The molecule has 3 aromatic rings. The van der Waals surface area contributed by atoms with E-state index in [2.05, 4.69) is 15.5 Å². The lowest BCUT2D eigenvalue weighted by molar-refractivity contribution is -0.137. The fourth-order valence-corrected chi connectivity index (χ4v) is 4.04. The van der Waals surface area contributed by atoms with Gasteiger partial charge in [0, 0.05) is 12.4 Å². The Morgan fingerprint density at radius 2 is 1.78 bits per heavy atom. The number of aromatic nitrogens is 4. The van der Waals surface area contributed by atoms with E-state index in [4.69, 9.17) is 23.2 Å². The number of anilines is 1. The normalized spacial score (nSPS) is 13.1. The summed E-state index contributed by atoms with van der Waals surface area (Å²) in [7, 11) is -3.72. The van der Waals surface area contributed by atoms with Gasteiger partial charge in [0.15, 0.2) is 16.5 Å². The summed E-state index contributed by atoms with van der Waals surface area (Å²) >= 11 is 11.9. The molecule has 0 aliphatic heterocycles. The van der Waals surface area contributed by atoms with Gasteiger partial charge in [0.1, 0.15) is 29.1 Å². The van der Waals surface area contributed by atoms with Crippen LogP contribution in [-0.4, -0.2) is 29.3 Å². The van der Waals surface area contributed by atoms with Crippen molar-refractivity contribution < 1.29 is 30.6 Å². The molecule has 0 bridgehead atoms. The zero-order chi connectivity index (χ0) is 23.8. The van der Waals surface area contributed by atoms with E-state index in [1.54, 1.807) is 0 Å². The number of hydrogen-bond acceptors (Lipinski definition) is 5. The smallest absolute Gasteiger partial charge is 0.350 e. The third kappa shape index (κ3) is 4.69. The molecule has 1 atom stereocenters. The van der Waals surface area contributed by atoms with Crippen molar-refractivity contribution in [3.8, 4) is 11.8 Å². The van der Waals surface area contributed by atoms with Crippen LogP contribution < -0.4 is 5.32 Å². The molecule has 2 aromatic heterocycles. The van der Waals surface area contributed by atoms with Crippen LogP contribution in [0.1, 0.15) is 11.3 Å². The number of rotatable bonds is 5. The first-order valence-corrected chi connectivity index (χ1v) is 10.0. The molecular weight excluding hydrogens is 509 g/mol. The highest BCUT2D eigenvalue weighted by Gasteiger charge is 2.43. The van der Waals surface area contributed by atoms with E-state index in [1.807, 2.05) is 0 Å². The van der Waals surface area contributed by atoms with Crippen LogP contribution in [0, 0.1) is 11.3 Å². The molecule has 0 fully saturated rings. The summed E-state index contributed by atoms with van der Waals surface area (Å²) in [6.07, 6.45) is -1.99. The standard InChI is InChI=1S/C16H8Cl2F6N6OS/c17-9-4-8(15(19,20)21)5-10(18)12(9)30-14(26-7-29-3-1-2-27-29)13(11(6-25)28-30)32(31)16(22,23)24/h1-5,26H,7H2. The van der Waals surface area contributed by atoms with Crippen molar-refractivity contribution in [1.82, 2.24) is 19.6 Å². The van der Waals surface area contributed by atoms with Crippen LogP contribution in [0.4, 0.5) is 32.2 Å². The molecular formula is C16H8Cl2F6N6OS. The van der Waals surface area contributed by atoms with Crippen molar-refractivity contribution in [2.24, 2.45) is 0 Å². The van der Waals surface area contributed by atoms with Gasteiger partial charge in [-0.1, -0.05) is 23.2 Å². The molecule has 0 spiro atoms. The molecule has 32 heavy (non-hydrogen) atoms. The number of nitriles is 1. The van der Waals surface area contributed by atoms with Crippen LogP contribution in [-0.2, 0) is 23.6 Å². The molecule has 1 unspecified atom stereocenters. The van der Waals surface area contributed by atoms with Crippen molar-refractivity contribution in [1.29, 1.82) is 5.26 Å². The zero-order valence-corrected chi connectivity index (χ0v) is 17.5. The van der Waals surface area contributed by atoms with Crippen LogP contribution in [0.2, 0.25) is 10.0 Å². The Morgan fingerprint density at radius 3 is 2.25 bits per heavy atom. The van der Waals surface area contributed by atoms with Crippen LogP contribution >= 0.6 is 23.2 Å². The molecule has 2 heterocycles. The average molecular weight is 517 g/mol. The molecule has 7 nitrogen and oxygen atoms in total. The van der Waals surface area contributed by atoms with E-state index in [-0.39, 0.29) is 6.67 Å². The van der Waals surface area contributed by atoms with Gasteiger partial charge in [0.25, 0.3) is 0 Å². The Bertz CT molecular complexity index is 1190. The highest BCUT2D eigenvalue weighted by Crippen LogP contribution is 2.41. The van der Waals surface area contributed by atoms with Crippen LogP contribution in [0.25, 0.3) is 5.69 Å². The lowest BCUT2D eigenvalue weighted by Crippen LogP contribution is -2.19. The monoisotopic (exact) mass is 516 g/mol. The van der Waals surface area contributed by atoms with E-state index >= 15 is 0 Å². The SMILES string of the molecule is N#Cc1nn(-c2c(Cl)cc(C(F)(F)F)cc2Cl)c(NCn2cccn2)c1S(=O)C(F)(F)F. The summed E-state index contributed by atoms with van der Waals surface area (Å²) in [5, 5.41) is 18.0. The zero-order valence-electron chi connectivity index (χ0n) is 15.2. The lowest BCUT2D eigenvalue weighted by atomic mass is 10.2. The maximum Gasteiger partial charge on any atom is 0.476 e. The molecule has 1 aromatic carbocycles. The molecule has 0 aliphatic carbocycles. The maximum absolute atomic E-state index is 13.2. The van der Waals surface area contributed by atoms with Gasteiger partial charge in [0.2, 0.25) is 0 Å². The Morgan fingerprint density at radius 1 is 1.16 bits per heavy atom. The Labute approximate surface area is 187 Å². The molecule has 170 valence electrons. The number of hydrogen-bond donors (Lipinski definition) is 1. The van der Waals surface area contributed by atoms with E-state index < -0.39 is 60.2 Å². The summed E-state index contributed by atoms with van der Waals surface area (Å²) in [6.45, 7) is -0.276. The maximum atomic E-state index is 13.2. The van der Waals surface area contributed by atoms with Crippen molar-refractivity contribution in [3.05, 3.63) is 51.9 Å². The minimum Gasteiger partial charge on any atom is -0.350 e. The second-order valence-electron chi connectivity index (χ2n) is 5.93. The summed E-state index contributed by atoms with van der Waals surface area (Å²) in [5.74, 6) is -0.615. The lowest BCUT2D eigenvalue weighted by Gasteiger charge is -2.16. The van der Waals surface area contributed by atoms with Crippen LogP contribution in [0.3, 0.4) is 0 Å². The summed E-state index contributed by atoms with van der Waals surface area (Å²) < 4.78 is 92.7. The minimum absolute atomic E-state index is 0.276. The molecule has 0 radical (unpaired) electrons. The van der Waals surface area contributed by atoms with Gasteiger partial charge in [-0.2, -0.15) is 41.8 Å². The molecule has 0 saturated heterocycles. The fourth-order valence-electron chi connectivity index (χ4n) is 2.57. The predicted molar refractivity (Wildman–Crippen MR) is 102 cm³/mol. The molecule has 3 rings (SSSR count). The first kappa shape index (κ1) is 23.9. The van der Waals surface area contributed by atoms with Gasteiger partial charge in [-0.3, -0.25) is 4.68 Å². The summed E-state index contributed by atoms with van der Waals surface area (Å²) in [4.78, 5) is -1.04. The third-order valence-electron chi connectivity index (χ3n) is 3.87. The van der Waals surface area contributed by atoms with Gasteiger partial charge >= 0.3 is 11.7 Å². The summed E-state index contributed by atoms with van der Waals surface area (Å²) in [6, 6.07) is 3.89. The first-order chi connectivity index (χ1) is 14.8. The molecule has 0 aliphatic rings. The average Bonchev–Trinajstić information content (AvgIpc) is 3.31. The highest BCUT2D eigenvalue weighted by atomic mass is 35.5. The van der Waals surface area contributed by atoms with Crippen molar-refractivity contribution in [2.75, 3.05) is 5.32 Å². The van der Waals surface area contributed by atoms with E-state index in [1.165, 1.54) is 29.2 Å². The predicted octanol–water partition coefficient (Wildman–Crippen LogP) is 4.96. The number of halogens is 8. The second kappa shape index (κ2) is 8.64. The number of alkyl halides is 6. The topological polar surface area (TPSA) is 88.5 Å². The minimum atomic E-state index is -5.27. The molecule has 16 heteroatoms. The Hall–Kier alpha value is -2.76. The van der Waals surface area contributed by atoms with Crippen molar-refractivity contribution >= 4 is 39.8 Å². The van der Waals surface area contributed by atoms with Gasteiger partial charge in [-0.15, -0.1) is 0 Å². The molecule has 1 N–H and O–H groups in total. The number of nitrogens with zero attached hydrogens (tertiary/aromatic N) is 5. The second-order valence-corrected chi connectivity index (χ2v) is 8.15. The molecule has 0 saturated carbocycles. The van der Waals surface area contributed by atoms with Gasteiger partial charge in [-0.25, -0.2) is 8.89 Å². The number of benzene rings is 1. The third-order valence-corrected chi connectivity index (χ3v) is 5.62. The fraction of sp³-hybridized carbons (Fsp3) is 0.188. The van der Waals surface area contributed by atoms with Crippen molar-refractivity contribution in [3.63, 3.8) is 0 Å². The van der Waals surface area contributed by atoms with Crippen molar-refractivity contribution in [2.45, 2.75) is 23.2 Å². The quantitative estimate of drug-likeness (QED) is 0.484. The number of nitrogens with one attached hydrogen (secondary N) is 1. The summed E-state index contributed by atoms with van der Waals surface area (Å²) in [5.41, 5.74) is -7.83. The Kier molecular flexibility index (Phi) is 6.45.